The molecule has 5 rings (SSSR count). The van der Waals surface area contributed by atoms with Crippen LogP contribution in [0.1, 0.15) is 77.1 Å². The van der Waals surface area contributed by atoms with Gasteiger partial charge in [0, 0.05) is 11.5 Å². The fourth-order valence-electron chi connectivity index (χ4n) is 6.52. The molecule has 0 atom stereocenters. The molecule has 0 N–H and O–H groups in total. The van der Waals surface area contributed by atoms with Crippen molar-refractivity contribution in [1.82, 2.24) is 4.90 Å². The molecule has 0 bridgehead atoms. The highest BCUT2D eigenvalue weighted by molar-refractivity contribution is 5.90. The quantitative estimate of drug-likeness (QED) is 0.207. The molecule has 0 amide bonds. The average molecular weight is 608 g/mol. The number of halogens is 7. The lowest BCUT2D eigenvalue weighted by atomic mass is 9.68. The second-order valence-electron chi connectivity index (χ2n) is 11.6. The highest BCUT2D eigenvalue weighted by atomic mass is 19.4. The van der Waals surface area contributed by atoms with Crippen molar-refractivity contribution in [2.24, 2.45) is 0 Å². The van der Waals surface area contributed by atoms with Gasteiger partial charge in [0.05, 0.1) is 16.7 Å². The molecular formula is C33H32F7NO2. The second-order valence-corrected chi connectivity index (χ2v) is 11.6. The zero-order valence-electron chi connectivity index (χ0n) is 23.4. The van der Waals surface area contributed by atoms with Crippen molar-refractivity contribution in [3.8, 4) is 0 Å². The van der Waals surface area contributed by atoms with Gasteiger partial charge in [0.2, 0.25) is 0 Å². The van der Waals surface area contributed by atoms with Crippen LogP contribution < -0.4 is 0 Å². The topological polar surface area (TPSA) is 29.5 Å². The predicted octanol–water partition coefficient (Wildman–Crippen LogP) is 8.78. The van der Waals surface area contributed by atoms with Crippen LogP contribution in [0.15, 0.2) is 72.8 Å². The number of likely N-dealkylation sites (tertiary alicyclic amines) is 1. The number of ether oxygens (including phenoxy) is 1. The first-order valence-corrected chi connectivity index (χ1v) is 14.4. The van der Waals surface area contributed by atoms with Crippen LogP contribution >= 0.6 is 0 Å². The second kappa shape index (κ2) is 12.3. The van der Waals surface area contributed by atoms with Crippen LogP contribution in [-0.2, 0) is 22.5 Å². The van der Waals surface area contributed by atoms with Crippen LogP contribution in [0.25, 0.3) is 0 Å². The Kier molecular flexibility index (Phi) is 8.88. The fraction of sp³-hybridized carbons (Fsp3) is 0.424. The Morgan fingerprint density at radius 2 is 1.35 bits per heavy atom. The minimum atomic E-state index is -5.06. The molecule has 1 aliphatic heterocycles. The third kappa shape index (κ3) is 7.22. The molecule has 0 spiro atoms. The summed E-state index contributed by atoms with van der Waals surface area (Å²) in [7, 11) is 0. The van der Waals surface area contributed by atoms with Crippen LogP contribution in [0, 0.1) is 5.82 Å². The van der Waals surface area contributed by atoms with E-state index in [0.29, 0.717) is 36.9 Å². The number of carbonyl (C=O) groups excluding carboxylic acids is 1. The first-order valence-electron chi connectivity index (χ1n) is 14.4. The Labute approximate surface area is 245 Å². The number of carbonyl (C=O) groups is 1. The summed E-state index contributed by atoms with van der Waals surface area (Å²) in [5, 5.41) is 0. The summed E-state index contributed by atoms with van der Waals surface area (Å²) in [6, 6.07) is 17.1. The molecule has 2 aliphatic rings. The highest BCUT2D eigenvalue weighted by Gasteiger charge is 2.41. The lowest BCUT2D eigenvalue weighted by Gasteiger charge is -2.45. The summed E-state index contributed by atoms with van der Waals surface area (Å²) >= 11 is 0. The van der Waals surface area contributed by atoms with Crippen molar-refractivity contribution in [2.75, 3.05) is 19.7 Å². The van der Waals surface area contributed by atoms with E-state index < -0.39 is 40.4 Å². The molecule has 230 valence electrons. The molecule has 1 aliphatic carbocycles. The van der Waals surface area contributed by atoms with Crippen molar-refractivity contribution in [3.05, 3.63) is 106 Å². The number of hydrogen-bond donors (Lipinski definition) is 0. The summed E-state index contributed by atoms with van der Waals surface area (Å²) in [5.74, 6) is -1.11. The van der Waals surface area contributed by atoms with Gasteiger partial charge in [-0.2, -0.15) is 26.3 Å². The van der Waals surface area contributed by atoms with E-state index in [4.69, 9.17) is 4.74 Å². The average Bonchev–Trinajstić information content (AvgIpc) is 3.00. The number of nitrogens with zero attached hydrogens (tertiary/aromatic N) is 1. The molecule has 1 saturated heterocycles. The van der Waals surface area contributed by atoms with Crippen molar-refractivity contribution in [1.29, 1.82) is 0 Å². The number of alkyl halides is 6. The standard InChI is InChI=1S/C33H32F7NO2/c34-28-8-6-22(7-9-28)23-12-16-41(17-13-23)29-10-14-31(15-11-29,25-4-2-1-3-5-25)21-43-30(42)24-18-26(32(35,36)37)20-27(19-24)33(38,39)40/h1-9,18-20,23,29H,10-17,21H2/t29-,31+. The number of benzene rings is 3. The Balaban J connectivity index is 1.27. The number of rotatable bonds is 6. The van der Waals surface area contributed by atoms with Crippen molar-refractivity contribution >= 4 is 5.97 Å². The molecule has 3 nitrogen and oxygen atoms in total. The highest BCUT2D eigenvalue weighted by Crippen LogP contribution is 2.43. The summed E-state index contributed by atoms with van der Waals surface area (Å²) < 4.78 is 98.8. The first-order chi connectivity index (χ1) is 20.3. The maximum atomic E-state index is 13.3. The zero-order chi connectivity index (χ0) is 30.8. The fourth-order valence-corrected chi connectivity index (χ4v) is 6.52. The number of esters is 1. The summed E-state index contributed by atoms with van der Waals surface area (Å²) in [6.07, 6.45) is -5.32. The molecule has 43 heavy (non-hydrogen) atoms. The summed E-state index contributed by atoms with van der Waals surface area (Å²) in [4.78, 5) is 15.4. The van der Waals surface area contributed by atoms with Gasteiger partial charge < -0.3 is 9.64 Å². The molecule has 0 unspecified atom stereocenters. The molecule has 0 aromatic heterocycles. The molecule has 0 radical (unpaired) electrons. The smallest absolute Gasteiger partial charge is 0.416 e. The lowest BCUT2D eigenvalue weighted by Crippen LogP contribution is -2.47. The third-order valence-electron chi connectivity index (χ3n) is 8.99. The summed E-state index contributed by atoms with van der Waals surface area (Å²) in [6.45, 7) is 1.64. The molecule has 3 aromatic carbocycles. The molecule has 10 heteroatoms. The molecule has 2 fully saturated rings. The van der Waals surface area contributed by atoms with E-state index in [0.717, 1.165) is 49.9 Å². The van der Waals surface area contributed by atoms with Crippen molar-refractivity contribution in [2.45, 2.75) is 68.3 Å². The lowest BCUT2D eigenvalue weighted by molar-refractivity contribution is -0.143. The molecule has 1 saturated carbocycles. The minimum absolute atomic E-state index is 0.00795. The van der Waals surface area contributed by atoms with E-state index in [1.165, 1.54) is 12.1 Å². The number of piperidine rings is 1. The summed E-state index contributed by atoms with van der Waals surface area (Å²) in [5.41, 5.74) is -2.47. The van der Waals surface area contributed by atoms with Crippen LogP contribution in [0.4, 0.5) is 30.7 Å². The Hall–Kier alpha value is -3.40. The van der Waals surface area contributed by atoms with E-state index >= 15 is 0 Å². The van der Waals surface area contributed by atoms with Crippen LogP contribution in [0.2, 0.25) is 0 Å². The maximum Gasteiger partial charge on any atom is 0.416 e. The van der Waals surface area contributed by atoms with Gasteiger partial charge in [-0.05, 0) is 99.0 Å². The Morgan fingerprint density at radius 3 is 1.88 bits per heavy atom. The van der Waals surface area contributed by atoms with Crippen LogP contribution in [0.3, 0.4) is 0 Å². The Bertz CT molecular complexity index is 1360. The number of hydrogen-bond acceptors (Lipinski definition) is 3. The van der Waals surface area contributed by atoms with Crippen LogP contribution in [0.5, 0.6) is 0 Å². The molecular weight excluding hydrogens is 575 g/mol. The zero-order valence-corrected chi connectivity index (χ0v) is 23.4. The van der Waals surface area contributed by atoms with E-state index in [1.807, 2.05) is 42.5 Å². The van der Waals surface area contributed by atoms with E-state index in [2.05, 4.69) is 4.90 Å². The first kappa shape index (κ1) is 31.0. The molecule has 3 aromatic rings. The largest absolute Gasteiger partial charge is 0.461 e. The van der Waals surface area contributed by atoms with Gasteiger partial charge >= 0.3 is 18.3 Å². The van der Waals surface area contributed by atoms with Crippen molar-refractivity contribution in [3.63, 3.8) is 0 Å². The van der Waals surface area contributed by atoms with Gasteiger partial charge in [0.25, 0.3) is 0 Å². The monoisotopic (exact) mass is 607 g/mol. The van der Waals surface area contributed by atoms with E-state index in [1.54, 1.807) is 0 Å². The Morgan fingerprint density at radius 1 is 0.791 bits per heavy atom. The van der Waals surface area contributed by atoms with Gasteiger partial charge in [-0.3, -0.25) is 0 Å². The third-order valence-corrected chi connectivity index (χ3v) is 8.99. The van der Waals surface area contributed by atoms with E-state index in [-0.39, 0.29) is 18.5 Å². The van der Waals surface area contributed by atoms with Gasteiger partial charge in [0.1, 0.15) is 12.4 Å². The van der Waals surface area contributed by atoms with Gasteiger partial charge in [-0.1, -0.05) is 42.5 Å². The van der Waals surface area contributed by atoms with Gasteiger partial charge in [0.15, 0.2) is 0 Å². The van der Waals surface area contributed by atoms with Gasteiger partial charge in [-0.15, -0.1) is 0 Å². The normalized spacial score (nSPS) is 22.3. The predicted molar refractivity (Wildman–Crippen MR) is 147 cm³/mol. The van der Waals surface area contributed by atoms with Gasteiger partial charge in [-0.25, -0.2) is 9.18 Å². The molecule has 1 heterocycles. The van der Waals surface area contributed by atoms with E-state index in [9.17, 15) is 35.5 Å². The maximum absolute atomic E-state index is 13.3. The minimum Gasteiger partial charge on any atom is -0.461 e. The van der Waals surface area contributed by atoms with Crippen molar-refractivity contribution < 1.29 is 40.3 Å². The van der Waals surface area contributed by atoms with Crippen LogP contribution in [-0.4, -0.2) is 36.6 Å². The SMILES string of the molecule is O=C(OC[C@]1(c2ccccc2)CC[C@@H](N2CCC(c3ccc(F)cc3)CC2)CC1)c1cc(C(F)(F)F)cc(C(F)(F)F)c1.